The number of aromatic nitrogens is 3. The number of rotatable bonds is 8. The van der Waals surface area contributed by atoms with E-state index in [-0.39, 0.29) is 46.5 Å². The van der Waals surface area contributed by atoms with Gasteiger partial charge in [-0.15, -0.1) is 0 Å². The molecule has 0 fully saturated rings. The lowest BCUT2D eigenvalue weighted by atomic mass is 9.94. The number of nitrogens with zero attached hydrogens (tertiary/aromatic N) is 4. The van der Waals surface area contributed by atoms with E-state index in [9.17, 15) is 35.9 Å². The minimum Gasteiger partial charge on any atom is -0.366 e. The molecule has 2 aromatic carbocycles. The Hall–Kier alpha value is -4.72. The van der Waals surface area contributed by atoms with Gasteiger partial charge in [-0.25, -0.2) is 19.0 Å². The molecule has 8 nitrogen and oxygen atoms in total. The molecular weight excluding hydrogens is 578 g/mol. The van der Waals surface area contributed by atoms with Crippen molar-refractivity contribution in [3.8, 4) is 11.1 Å². The normalized spacial score (nSPS) is 13.6. The number of nitrogens with two attached hydrogens (primary N) is 2. The fraction of sp³-hybridized carbons (Fsp3) is 0.241. The third-order valence-corrected chi connectivity index (χ3v) is 7.20. The van der Waals surface area contributed by atoms with Gasteiger partial charge in [-0.3, -0.25) is 24.3 Å². The number of hydrogen-bond donors (Lipinski definition) is 2. The first-order valence-corrected chi connectivity index (χ1v) is 13.1. The zero-order valence-electron chi connectivity index (χ0n) is 22.3. The van der Waals surface area contributed by atoms with Crippen molar-refractivity contribution >= 4 is 11.8 Å². The maximum absolute atomic E-state index is 14.2. The van der Waals surface area contributed by atoms with Crippen molar-refractivity contribution in [1.82, 2.24) is 19.8 Å². The Morgan fingerprint density at radius 3 is 2.42 bits per heavy atom. The number of amides is 2. The van der Waals surface area contributed by atoms with Gasteiger partial charge in [0.25, 0.3) is 11.8 Å². The molecule has 5 rings (SSSR count). The molecule has 1 aliphatic rings. The third-order valence-electron chi connectivity index (χ3n) is 7.20. The highest BCUT2D eigenvalue weighted by Crippen LogP contribution is 2.38. The second-order valence-corrected chi connectivity index (χ2v) is 10.1. The Bertz CT molecular complexity index is 1700. The van der Waals surface area contributed by atoms with Gasteiger partial charge in [0.15, 0.2) is 0 Å². The third kappa shape index (κ3) is 6.09. The maximum Gasteiger partial charge on any atom is 0.433 e. The number of aryl methyl sites for hydroxylation is 1. The molecule has 1 atom stereocenters. The molecule has 4 N–H and O–H groups in total. The number of benzene rings is 2. The fourth-order valence-corrected chi connectivity index (χ4v) is 5.35. The van der Waals surface area contributed by atoms with Crippen molar-refractivity contribution in [1.29, 1.82) is 0 Å². The summed E-state index contributed by atoms with van der Waals surface area (Å²) < 4.78 is 84.9. The van der Waals surface area contributed by atoms with Crippen molar-refractivity contribution in [2.75, 3.05) is 0 Å². The number of halogens is 6. The highest BCUT2D eigenvalue weighted by Gasteiger charge is 2.41. The smallest absolute Gasteiger partial charge is 0.366 e. The molecule has 0 saturated heterocycles. The summed E-state index contributed by atoms with van der Waals surface area (Å²) in [5.41, 5.74) is 4.74. The molecule has 1 aliphatic carbocycles. The summed E-state index contributed by atoms with van der Waals surface area (Å²) in [5.74, 6) is 1.53. The molecule has 0 aliphatic heterocycles. The van der Waals surface area contributed by atoms with Crippen LogP contribution in [0.25, 0.3) is 11.1 Å². The number of carbonyl (C=O) groups is 2. The van der Waals surface area contributed by atoms with E-state index in [1.165, 1.54) is 30.5 Å². The van der Waals surface area contributed by atoms with Gasteiger partial charge in [0.2, 0.25) is 0 Å². The maximum atomic E-state index is 14.2. The quantitative estimate of drug-likeness (QED) is 0.132. The summed E-state index contributed by atoms with van der Waals surface area (Å²) in [4.78, 5) is 29.6. The highest BCUT2D eigenvalue weighted by atomic mass is 19.4. The molecule has 0 radical (unpaired) electrons. The van der Waals surface area contributed by atoms with Gasteiger partial charge >= 0.3 is 6.18 Å². The van der Waals surface area contributed by atoms with Crippen LogP contribution in [-0.4, -0.2) is 31.6 Å². The van der Waals surface area contributed by atoms with Crippen molar-refractivity contribution in [3.63, 3.8) is 0 Å². The summed E-state index contributed by atoms with van der Waals surface area (Å²) in [7, 11) is 0. The van der Waals surface area contributed by atoms with E-state index in [0.29, 0.717) is 28.6 Å². The van der Waals surface area contributed by atoms with Crippen LogP contribution in [0.3, 0.4) is 0 Å². The van der Waals surface area contributed by atoms with Crippen LogP contribution in [0, 0.1) is 17.5 Å². The number of primary amides is 1. The van der Waals surface area contributed by atoms with Gasteiger partial charge in [0.05, 0.1) is 23.0 Å². The van der Waals surface area contributed by atoms with E-state index in [1.807, 2.05) is 0 Å². The van der Waals surface area contributed by atoms with Crippen LogP contribution in [-0.2, 0) is 36.8 Å². The molecule has 14 heteroatoms. The van der Waals surface area contributed by atoms with E-state index >= 15 is 0 Å². The van der Waals surface area contributed by atoms with Gasteiger partial charge < -0.3 is 5.73 Å². The molecule has 43 heavy (non-hydrogen) atoms. The van der Waals surface area contributed by atoms with Crippen molar-refractivity contribution < 1.29 is 35.9 Å². The van der Waals surface area contributed by atoms with Crippen LogP contribution in [0.4, 0.5) is 26.3 Å². The predicted octanol–water partition coefficient (Wildman–Crippen LogP) is 4.66. The second-order valence-electron chi connectivity index (χ2n) is 10.1. The molecule has 224 valence electrons. The first-order chi connectivity index (χ1) is 20.3. The molecule has 0 saturated carbocycles. The zero-order valence-corrected chi connectivity index (χ0v) is 22.3. The fourth-order valence-electron chi connectivity index (χ4n) is 5.35. The minimum absolute atomic E-state index is 0.0317. The van der Waals surface area contributed by atoms with E-state index in [1.54, 1.807) is 0 Å². The second kappa shape index (κ2) is 11.5. The Morgan fingerprint density at radius 2 is 1.74 bits per heavy atom. The molecule has 2 heterocycles. The van der Waals surface area contributed by atoms with E-state index in [4.69, 9.17) is 11.6 Å². The average molecular weight is 603 g/mol. The Labute approximate surface area is 240 Å². The van der Waals surface area contributed by atoms with Crippen LogP contribution in [0.1, 0.15) is 51.0 Å². The lowest BCUT2D eigenvalue weighted by molar-refractivity contribution is -0.146. The Kier molecular flexibility index (Phi) is 7.97. The van der Waals surface area contributed by atoms with Gasteiger partial charge in [-0.05, 0) is 60.7 Å². The summed E-state index contributed by atoms with van der Waals surface area (Å²) in [6.45, 7) is -0.878. The monoisotopic (exact) mass is 602 g/mol. The number of hydrazine groups is 1. The number of hydrogen-bond acceptors (Lipinski definition) is 5. The molecule has 4 aromatic rings. The van der Waals surface area contributed by atoms with Crippen LogP contribution in [0.2, 0.25) is 0 Å². The predicted molar refractivity (Wildman–Crippen MR) is 141 cm³/mol. The summed E-state index contributed by atoms with van der Waals surface area (Å²) in [6, 6.07) is 7.92. The standard InChI is InChI=1S/C29H24F6N6O2/c30-17-9-15(10-18(31)13-17)11-24(26-19(4-2-8-38-26)16-6-7-22(32)21(12-16)28(36)43)41(37)25(42)14-40-27(29(33,34)35)20-3-1-5-23(20)39-40/h2,4,6-10,12-13,24H,1,3,5,11,14,37H2,(H2,36,43)/t24-/m0/s1. The van der Waals surface area contributed by atoms with Crippen LogP contribution >= 0.6 is 0 Å². The van der Waals surface area contributed by atoms with Crippen molar-refractivity contribution in [2.45, 2.75) is 44.4 Å². The SMILES string of the molecule is NC(=O)c1cc(-c2cccnc2[C@H](Cc2cc(F)cc(F)c2)N(N)C(=O)Cn2nc3c(c2C(F)(F)F)CCC3)ccc1F. The van der Waals surface area contributed by atoms with Gasteiger partial charge in [0, 0.05) is 29.8 Å². The zero-order chi connectivity index (χ0) is 31.1. The highest BCUT2D eigenvalue weighted by molar-refractivity contribution is 5.94. The Balaban J connectivity index is 1.57. The lowest BCUT2D eigenvalue weighted by Crippen LogP contribution is -2.44. The minimum atomic E-state index is -4.78. The molecular formula is C29H24F6N6O2. The number of carbonyl (C=O) groups excluding carboxylic acids is 2. The summed E-state index contributed by atoms with van der Waals surface area (Å²) in [6.07, 6.45) is -2.74. The van der Waals surface area contributed by atoms with Crippen LogP contribution < -0.4 is 11.6 Å². The van der Waals surface area contributed by atoms with Gasteiger partial charge in [0.1, 0.15) is 29.7 Å². The lowest BCUT2D eigenvalue weighted by Gasteiger charge is -2.29. The van der Waals surface area contributed by atoms with E-state index in [0.717, 1.165) is 18.2 Å². The Morgan fingerprint density at radius 1 is 1.02 bits per heavy atom. The topological polar surface area (TPSA) is 120 Å². The number of alkyl halides is 3. The van der Waals surface area contributed by atoms with Crippen molar-refractivity contribution in [3.05, 3.63) is 106 Å². The first-order valence-electron chi connectivity index (χ1n) is 13.1. The first kappa shape index (κ1) is 29.8. The average Bonchev–Trinajstić information content (AvgIpc) is 3.51. The largest absolute Gasteiger partial charge is 0.433 e. The number of fused-ring (bicyclic) bond motifs is 1. The van der Waals surface area contributed by atoms with E-state index < -0.39 is 59.3 Å². The van der Waals surface area contributed by atoms with Crippen LogP contribution in [0.5, 0.6) is 0 Å². The number of pyridine rings is 1. The molecule has 2 aromatic heterocycles. The van der Waals surface area contributed by atoms with Gasteiger partial charge in [-0.1, -0.05) is 12.1 Å². The van der Waals surface area contributed by atoms with E-state index in [2.05, 4.69) is 10.1 Å². The molecule has 0 spiro atoms. The van der Waals surface area contributed by atoms with Crippen molar-refractivity contribution in [2.24, 2.45) is 11.6 Å². The van der Waals surface area contributed by atoms with Crippen LogP contribution in [0.15, 0.2) is 54.7 Å². The summed E-state index contributed by atoms with van der Waals surface area (Å²) in [5, 5.41) is 4.66. The molecule has 0 bridgehead atoms. The molecule has 0 unspecified atom stereocenters. The molecule has 2 amide bonds. The van der Waals surface area contributed by atoms with Gasteiger partial charge in [-0.2, -0.15) is 18.3 Å². The summed E-state index contributed by atoms with van der Waals surface area (Å²) >= 11 is 0.